The van der Waals surface area contributed by atoms with Crippen LogP contribution in [0.4, 0.5) is 5.82 Å². The van der Waals surface area contributed by atoms with Crippen molar-refractivity contribution in [2.75, 3.05) is 23.9 Å². The zero-order valence-corrected chi connectivity index (χ0v) is 11.3. The maximum atomic E-state index is 5.99. The van der Waals surface area contributed by atoms with Gasteiger partial charge >= 0.3 is 0 Å². The summed E-state index contributed by atoms with van der Waals surface area (Å²) in [6.07, 6.45) is 6.11. The molecule has 1 unspecified atom stereocenters. The van der Waals surface area contributed by atoms with E-state index in [9.17, 15) is 0 Å². The van der Waals surface area contributed by atoms with Gasteiger partial charge in [-0.2, -0.15) is 0 Å². The SMILES string of the molecule is Cn1cnc2c(N3CCCC(CCl)C3)nccc21. The summed E-state index contributed by atoms with van der Waals surface area (Å²) in [4.78, 5) is 11.3. The molecule has 3 rings (SSSR count). The Kier molecular flexibility index (Phi) is 3.12. The van der Waals surface area contributed by atoms with Gasteiger partial charge in [0, 0.05) is 32.2 Å². The lowest BCUT2D eigenvalue weighted by atomic mass is 10.00. The molecule has 2 aromatic rings. The number of aromatic nitrogens is 3. The number of hydrogen-bond donors (Lipinski definition) is 0. The molecule has 0 aromatic carbocycles. The Hall–Kier alpha value is -1.29. The normalized spacial score (nSPS) is 20.6. The van der Waals surface area contributed by atoms with Crippen molar-refractivity contribution in [3.05, 3.63) is 18.6 Å². The van der Waals surface area contributed by atoms with Crippen molar-refractivity contribution in [2.24, 2.45) is 13.0 Å². The van der Waals surface area contributed by atoms with Crippen LogP contribution in [0.3, 0.4) is 0 Å². The van der Waals surface area contributed by atoms with Crippen LogP contribution in [-0.4, -0.2) is 33.5 Å². The Labute approximate surface area is 112 Å². The lowest BCUT2D eigenvalue weighted by Gasteiger charge is -2.32. The van der Waals surface area contributed by atoms with E-state index in [1.165, 1.54) is 12.8 Å². The number of rotatable bonds is 2. The Morgan fingerprint density at radius 3 is 3.17 bits per heavy atom. The van der Waals surface area contributed by atoms with Crippen molar-refractivity contribution in [2.45, 2.75) is 12.8 Å². The summed E-state index contributed by atoms with van der Waals surface area (Å²) in [6.45, 7) is 2.04. The van der Waals surface area contributed by atoms with Crippen molar-refractivity contribution in [1.29, 1.82) is 0 Å². The van der Waals surface area contributed by atoms with Gasteiger partial charge in [0.05, 0.1) is 11.8 Å². The van der Waals surface area contributed by atoms with E-state index < -0.39 is 0 Å². The highest BCUT2D eigenvalue weighted by atomic mass is 35.5. The molecule has 0 N–H and O–H groups in total. The molecule has 3 heterocycles. The standard InChI is InChI=1S/C13H17ClN4/c1-17-9-16-12-11(17)4-5-15-13(12)18-6-2-3-10(7-14)8-18/h4-5,9-10H,2-3,6-8H2,1H3. The van der Waals surface area contributed by atoms with Crippen molar-refractivity contribution in [1.82, 2.24) is 14.5 Å². The number of nitrogens with zero attached hydrogens (tertiary/aromatic N) is 4. The van der Waals surface area contributed by atoms with E-state index in [2.05, 4.69) is 14.9 Å². The van der Waals surface area contributed by atoms with Crippen molar-refractivity contribution < 1.29 is 0 Å². The number of hydrogen-bond acceptors (Lipinski definition) is 3. The van der Waals surface area contributed by atoms with Crippen LogP contribution in [0.1, 0.15) is 12.8 Å². The molecule has 0 saturated carbocycles. The second kappa shape index (κ2) is 4.76. The van der Waals surface area contributed by atoms with Gasteiger partial charge in [0.2, 0.25) is 0 Å². The second-order valence-electron chi connectivity index (χ2n) is 4.97. The van der Waals surface area contributed by atoms with Crippen LogP contribution in [0.25, 0.3) is 11.0 Å². The minimum Gasteiger partial charge on any atom is -0.354 e. The molecule has 1 saturated heterocycles. The fourth-order valence-corrected chi connectivity index (χ4v) is 2.91. The molecule has 0 radical (unpaired) electrons. The zero-order chi connectivity index (χ0) is 12.5. The monoisotopic (exact) mass is 264 g/mol. The molecule has 5 heteroatoms. The summed E-state index contributed by atoms with van der Waals surface area (Å²) in [5.41, 5.74) is 2.13. The van der Waals surface area contributed by atoms with Gasteiger partial charge in [0.1, 0.15) is 5.52 Å². The van der Waals surface area contributed by atoms with Gasteiger partial charge < -0.3 is 9.47 Å². The minimum absolute atomic E-state index is 0.571. The summed E-state index contributed by atoms with van der Waals surface area (Å²) in [5, 5.41) is 0. The highest BCUT2D eigenvalue weighted by Crippen LogP contribution is 2.27. The average Bonchev–Trinajstić information content (AvgIpc) is 2.81. The van der Waals surface area contributed by atoms with Gasteiger partial charge in [-0.1, -0.05) is 0 Å². The molecule has 1 aliphatic heterocycles. The predicted molar refractivity (Wildman–Crippen MR) is 74.2 cm³/mol. The van der Waals surface area contributed by atoms with E-state index >= 15 is 0 Å². The van der Waals surface area contributed by atoms with Gasteiger partial charge in [-0.3, -0.25) is 0 Å². The topological polar surface area (TPSA) is 34.0 Å². The highest BCUT2D eigenvalue weighted by molar-refractivity contribution is 6.18. The molecule has 0 aliphatic carbocycles. The largest absolute Gasteiger partial charge is 0.354 e. The maximum Gasteiger partial charge on any atom is 0.156 e. The molecule has 18 heavy (non-hydrogen) atoms. The van der Waals surface area contributed by atoms with Crippen molar-refractivity contribution in [3.63, 3.8) is 0 Å². The van der Waals surface area contributed by atoms with Gasteiger partial charge in [-0.15, -0.1) is 11.6 Å². The number of halogens is 1. The summed E-state index contributed by atoms with van der Waals surface area (Å²) >= 11 is 5.99. The first-order chi connectivity index (χ1) is 8.79. The third-order valence-electron chi connectivity index (χ3n) is 3.66. The third kappa shape index (κ3) is 1.94. The Balaban J connectivity index is 1.98. The molecule has 0 amide bonds. The lowest BCUT2D eigenvalue weighted by molar-refractivity contribution is 0.449. The highest BCUT2D eigenvalue weighted by Gasteiger charge is 2.22. The van der Waals surface area contributed by atoms with Gasteiger partial charge in [-0.25, -0.2) is 9.97 Å². The fraction of sp³-hybridized carbons (Fsp3) is 0.538. The molecule has 0 bridgehead atoms. The Bertz CT molecular complexity index is 551. The number of pyridine rings is 1. The van der Waals surface area contributed by atoms with Crippen LogP contribution < -0.4 is 4.90 Å². The van der Waals surface area contributed by atoms with Crippen LogP contribution in [0.2, 0.25) is 0 Å². The van der Waals surface area contributed by atoms with Crippen LogP contribution in [0, 0.1) is 5.92 Å². The molecule has 1 fully saturated rings. The van der Waals surface area contributed by atoms with Crippen LogP contribution in [0.15, 0.2) is 18.6 Å². The summed E-state index contributed by atoms with van der Waals surface area (Å²) in [7, 11) is 2.01. The molecular formula is C13H17ClN4. The first kappa shape index (κ1) is 11.8. The van der Waals surface area contributed by atoms with Gasteiger partial charge in [0.15, 0.2) is 5.82 Å². The molecule has 2 aromatic heterocycles. The minimum atomic E-state index is 0.571. The van der Waals surface area contributed by atoms with E-state index in [1.807, 2.05) is 30.2 Å². The zero-order valence-electron chi connectivity index (χ0n) is 10.5. The van der Waals surface area contributed by atoms with Gasteiger partial charge in [0.25, 0.3) is 0 Å². The smallest absolute Gasteiger partial charge is 0.156 e. The number of imidazole rings is 1. The maximum absolute atomic E-state index is 5.99. The number of alkyl halides is 1. The quantitative estimate of drug-likeness (QED) is 0.782. The average molecular weight is 265 g/mol. The fourth-order valence-electron chi connectivity index (χ4n) is 2.66. The Morgan fingerprint density at radius 1 is 1.44 bits per heavy atom. The van der Waals surface area contributed by atoms with Crippen LogP contribution in [-0.2, 0) is 7.05 Å². The first-order valence-corrected chi connectivity index (χ1v) is 6.90. The second-order valence-corrected chi connectivity index (χ2v) is 5.27. The Morgan fingerprint density at radius 2 is 2.33 bits per heavy atom. The van der Waals surface area contributed by atoms with E-state index in [4.69, 9.17) is 11.6 Å². The van der Waals surface area contributed by atoms with E-state index in [1.54, 1.807) is 0 Å². The molecule has 96 valence electrons. The number of fused-ring (bicyclic) bond motifs is 1. The molecule has 4 nitrogen and oxygen atoms in total. The first-order valence-electron chi connectivity index (χ1n) is 6.36. The van der Waals surface area contributed by atoms with E-state index in [-0.39, 0.29) is 0 Å². The number of piperidine rings is 1. The number of anilines is 1. The van der Waals surface area contributed by atoms with Crippen molar-refractivity contribution >= 4 is 28.5 Å². The summed E-state index contributed by atoms with van der Waals surface area (Å²) in [5.74, 6) is 2.30. The molecule has 0 spiro atoms. The lowest BCUT2D eigenvalue weighted by Crippen LogP contribution is -2.36. The predicted octanol–water partition coefficient (Wildman–Crippen LogP) is 2.42. The summed E-state index contributed by atoms with van der Waals surface area (Å²) < 4.78 is 2.03. The van der Waals surface area contributed by atoms with E-state index in [0.29, 0.717) is 5.92 Å². The molecule has 1 atom stereocenters. The third-order valence-corrected chi connectivity index (χ3v) is 4.10. The molecule has 1 aliphatic rings. The summed E-state index contributed by atoms with van der Waals surface area (Å²) in [6, 6.07) is 2.01. The molecular weight excluding hydrogens is 248 g/mol. The van der Waals surface area contributed by atoms with Crippen LogP contribution >= 0.6 is 11.6 Å². The van der Waals surface area contributed by atoms with Gasteiger partial charge in [-0.05, 0) is 24.8 Å². The van der Waals surface area contributed by atoms with Crippen molar-refractivity contribution in [3.8, 4) is 0 Å². The van der Waals surface area contributed by atoms with E-state index in [0.717, 1.165) is 35.8 Å². The number of aryl methyl sites for hydroxylation is 1. The van der Waals surface area contributed by atoms with Crippen LogP contribution in [0.5, 0.6) is 0 Å².